The monoisotopic (exact) mass is 290 g/mol. The maximum absolute atomic E-state index is 11.8. The van der Waals surface area contributed by atoms with Gasteiger partial charge in [-0.3, -0.25) is 4.79 Å². The van der Waals surface area contributed by atoms with Gasteiger partial charge in [0, 0.05) is 11.3 Å². The summed E-state index contributed by atoms with van der Waals surface area (Å²) in [6.45, 7) is 1.80. The van der Waals surface area contributed by atoms with Crippen molar-refractivity contribution in [2.24, 2.45) is 5.73 Å². The zero-order valence-electron chi connectivity index (χ0n) is 12.3. The molecule has 1 amide bonds. The molecule has 0 spiro atoms. The standard InChI is InChI=1S/C16H22N2O3/c1-11-10-12(6-7-13(11)14(17)19)18-16(15(20)21)8-4-2-3-5-9-16/h6-7,10,18H,2-5,8-9H2,1H3,(H2,17,19)(H,20,21). The predicted octanol–water partition coefficient (Wildman–Crippen LogP) is 2.68. The van der Waals surface area contributed by atoms with E-state index in [1.54, 1.807) is 25.1 Å². The molecule has 1 aliphatic rings. The lowest BCUT2D eigenvalue weighted by molar-refractivity contribution is -0.142. The fourth-order valence-corrected chi connectivity index (χ4v) is 3.02. The van der Waals surface area contributed by atoms with Crippen LogP contribution in [0.1, 0.15) is 54.4 Å². The van der Waals surface area contributed by atoms with Gasteiger partial charge < -0.3 is 16.2 Å². The fraction of sp³-hybridized carbons (Fsp3) is 0.500. The zero-order valence-corrected chi connectivity index (χ0v) is 12.3. The van der Waals surface area contributed by atoms with Crippen LogP contribution in [0.5, 0.6) is 0 Å². The fourth-order valence-electron chi connectivity index (χ4n) is 3.02. The molecule has 5 nitrogen and oxygen atoms in total. The third-order valence-electron chi connectivity index (χ3n) is 4.24. The summed E-state index contributed by atoms with van der Waals surface area (Å²) in [5, 5.41) is 12.8. The van der Waals surface area contributed by atoms with Gasteiger partial charge in [-0.1, -0.05) is 25.7 Å². The second-order valence-electron chi connectivity index (χ2n) is 5.82. The Labute approximate surface area is 124 Å². The minimum atomic E-state index is -0.906. The number of aryl methyl sites for hydroxylation is 1. The molecule has 0 heterocycles. The van der Waals surface area contributed by atoms with Gasteiger partial charge in [0.15, 0.2) is 0 Å². The van der Waals surface area contributed by atoms with E-state index in [4.69, 9.17) is 5.73 Å². The molecule has 1 aromatic carbocycles. The molecule has 114 valence electrons. The van der Waals surface area contributed by atoms with Crippen molar-refractivity contribution in [3.63, 3.8) is 0 Å². The first-order valence-electron chi connectivity index (χ1n) is 7.37. The number of carboxylic acids is 1. The molecule has 1 aliphatic carbocycles. The highest BCUT2D eigenvalue weighted by atomic mass is 16.4. The van der Waals surface area contributed by atoms with Crippen molar-refractivity contribution in [2.45, 2.75) is 51.0 Å². The molecule has 4 N–H and O–H groups in total. The number of carboxylic acid groups (broad SMARTS) is 1. The Bertz CT molecular complexity index is 546. The van der Waals surface area contributed by atoms with Gasteiger partial charge in [0.05, 0.1) is 0 Å². The minimum absolute atomic E-state index is 0.464. The van der Waals surface area contributed by atoms with Crippen molar-refractivity contribution >= 4 is 17.6 Å². The molecule has 2 rings (SSSR count). The number of carbonyl (C=O) groups excluding carboxylic acids is 1. The molecule has 0 bridgehead atoms. The van der Waals surface area contributed by atoms with Crippen LogP contribution in [0.2, 0.25) is 0 Å². The van der Waals surface area contributed by atoms with E-state index in [0.29, 0.717) is 18.4 Å². The van der Waals surface area contributed by atoms with E-state index in [1.807, 2.05) is 0 Å². The highest BCUT2D eigenvalue weighted by Crippen LogP contribution is 2.31. The summed E-state index contributed by atoms with van der Waals surface area (Å²) >= 11 is 0. The number of rotatable bonds is 4. The van der Waals surface area contributed by atoms with Gasteiger partial charge in [-0.2, -0.15) is 0 Å². The molecule has 0 radical (unpaired) electrons. The molecule has 0 unspecified atom stereocenters. The average Bonchev–Trinajstić information content (AvgIpc) is 2.65. The first kappa shape index (κ1) is 15.4. The van der Waals surface area contributed by atoms with Crippen LogP contribution in [-0.4, -0.2) is 22.5 Å². The Hall–Kier alpha value is -2.04. The largest absolute Gasteiger partial charge is 0.480 e. The Morgan fingerprint density at radius 1 is 1.19 bits per heavy atom. The van der Waals surface area contributed by atoms with E-state index < -0.39 is 17.4 Å². The maximum atomic E-state index is 11.8. The Morgan fingerprint density at radius 3 is 2.29 bits per heavy atom. The van der Waals surface area contributed by atoms with Crippen molar-refractivity contribution in [3.8, 4) is 0 Å². The van der Waals surface area contributed by atoms with E-state index >= 15 is 0 Å². The first-order chi connectivity index (χ1) is 9.94. The topological polar surface area (TPSA) is 92.4 Å². The van der Waals surface area contributed by atoms with E-state index in [9.17, 15) is 14.7 Å². The molecular formula is C16H22N2O3. The molecule has 1 fully saturated rings. The van der Waals surface area contributed by atoms with Gasteiger partial charge >= 0.3 is 5.97 Å². The molecular weight excluding hydrogens is 268 g/mol. The second kappa shape index (κ2) is 6.16. The minimum Gasteiger partial charge on any atom is -0.480 e. The van der Waals surface area contributed by atoms with Gasteiger partial charge in [0.1, 0.15) is 5.54 Å². The number of nitrogens with one attached hydrogen (secondary N) is 1. The van der Waals surface area contributed by atoms with Gasteiger partial charge in [0.25, 0.3) is 0 Å². The van der Waals surface area contributed by atoms with Crippen molar-refractivity contribution in [2.75, 3.05) is 5.32 Å². The third-order valence-corrected chi connectivity index (χ3v) is 4.24. The van der Waals surface area contributed by atoms with Gasteiger partial charge in [-0.05, 0) is 43.5 Å². The van der Waals surface area contributed by atoms with Gasteiger partial charge in [-0.15, -0.1) is 0 Å². The van der Waals surface area contributed by atoms with E-state index in [-0.39, 0.29) is 0 Å². The number of carbonyl (C=O) groups is 2. The van der Waals surface area contributed by atoms with E-state index in [0.717, 1.165) is 36.9 Å². The number of primary amides is 1. The summed E-state index contributed by atoms with van der Waals surface area (Å²) in [4.78, 5) is 23.0. The van der Waals surface area contributed by atoms with Crippen molar-refractivity contribution in [1.82, 2.24) is 0 Å². The summed E-state index contributed by atoms with van der Waals surface area (Å²) in [5.74, 6) is -1.28. The summed E-state index contributed by atoms with van der Waals surface area (Å²) in [7, 11) is 0. The predicted molar refractivity (Wildman–Crippen MR) is 81.4 cm³/mol. The molecule has 1 aromatic rings. The Kier molecular flexibility index (Phi) is 4.50. The van der Waals surface area contributed by atoms with Crippen molar-refractivity contribution in [3.05, 3.63) is 29.3 Å². The normalized spacial score (nSPS) is 17.8. The van der Waals surface area contributed by atoms with Crippen molar-refractivity contribution < 1.29 is 14.7 Å². The van der Waals surface area contributed by atoms with Crippen LogP contribution < -0.4 is 11.1 Å². The smallest absolute Gasteiger partial charge is 0.329 e. The number of aliphatic carboxylic acids is 1. The summed E-state index contributed by atoms with van der Waals surface area (Å²) < 4.78 is 0. The summed E-state index contributed by atoms with van der Waals surface area (Å²) in [5.41, 5.74) is 6.32. The molecule has 5 heteroatoms. The lowest BCUT2D eigenvalue weighted by Crippen LogP contribution is -2.46. The van der Waals surface area contributed by atoms with Crippen LogP contribution in [0.4, 0.5) is 5.69 Å². The Balaban J connectivity index is 2.26. The SMILES string of the molecule is Cc1cc(NC2(C(=O)O)CCCCCC2)ccc1C(N)=O. The molecule has 0 atom stereocenters. The number of hydrogen-bond acceptors (Lipinski definition) is 3. The lowest BCUT2D eigenvalue weighted by atomic mass is 9.89. The molecule has 21 heavy (non-hydrogen) atoms. The highest BCUT2D eigenvalue weighted by Gasteiger charge is 2.38. The number of nitrogens with two attached hydrogens (primary N) is 1. The highest BCUT2D eigenvalue weighted by molar-refractivity contribution is 5.94. The molecule has 0 aromatic heterocycles. The quantitative estimate of drug-likeness (QED) is 0.743. The number of anilines is 1. The average molecular weight is 290 g/mol. The van der Waals surface area contributed by atoms with Crippen LogP contribution in [0, 0.1) is 6.92 Å². The van der Waals surface area contributed by atoms with Crippen LogP contribution in [-0.2, 0) is 4.79 Å². The van der Waals surface area contributed by atoms with Gasteiger partial charge in [-0.25, -0.2) is 4.79 Å². The maximum Gasteiger partial charge on any atom is 0.329 e. The van der Waals surface area contributed by atoms with Crippen LogP contribution >= 0.6 is 0 Å². The lowest BCUT2D eigenvalue weighted by Gasteiger charge is -2.30. The van der Waals surface area contributed by atoms with Crippen LogP contribution in [0.3, 0.4) is 0 Å². The molecule has 0 aliphatic heterocycles. The van der Waals surface area contributed by atoms with E-state index in [2.05, 4.69) is 5.32 Å². The molecule has 1 saturated carbocycles. The second-order valence-corrected chi connectivity index (χ2v) is 5.82. The molecule has 0 saturated heterocycles. The van der Waals surface area contributed by atoms with Crippen LogP contribution in [0.25, 0.3) is 0 Å². The number of hydrogen-bond donors (Lipinski definition) is 3. The zero-order chi connectivity index (χ0) is 15.5. The van der Waals surface area contributed by atoms with Crippen molar-refractivity contribution in [1.29, 1.82) is 0 Å². The third kappa shape index (κ3) is 3.35. The summed E-state index contributed by atoms with van der Waals surface area (Å²) in [6.07, 6.45) is 5.24. The number of benzene rings is 1. The number of amides is 1. The van der Waals surface area contributed by atoms with Gasteiger partial charge in [0.2, 0.25) is 5.91 Å². The van der Waals surface area contributed by atoms with Crippen LogP contribution in [0.15, 0.2) is 18.2 Å². The Morgan fingerprint density at radius 2 is 1.81 bits per heavy atom. The van der Waals surface area contributed by atoms with E-state index in [1.165, 1.54) is 0 Å². The summed E-state index contributed by atoms with van der Waals surface area (Å²) in [6, 6.07) is 5.16. The first-order valence-corrected chi connectivity index (χ1v) is 7.37.